The van der Waals surface area contributed by atoms with E-state index in [2.05, 4.69) is 27.4 Å². The monoisotopic (exact) mass is 350 g/mol. The first-order chi connectivity index (χ1) is 11.8. The predicted octanol–water partition coefficient (Wildman–Crippen LogP) is 4.48. The molecule has 3 aliphatic rings. The number of carbonyl (C=O) groups excluding carboxylic acids is 1. The van der Waals surface area contributed by atoms with Crippen molar-refractivity contribution < 1.29 is 19.0 Å². The summed E-state index contributed by atoms with van der Waals surface area (Å²) < 4.78 is 17.8. The van der Waals surface area contributed by atoms with Gasteiger partial charge in [-0.3, -0.25) is 0 Å². The van der Waals surface area contributed by atoms with Crippen molar-refractivity contribution in [3.05, 3.63) is 12.3 Å². The van der Waals surface area contributed by atoms with Gasteiger partial charge in [0.1, 0.15) is 6.10 Å². The Bertz CT molecular complexity index is 512. The van der Waals surface area contributed by atoms with Crippen LogP contribution < -0.4 is 0 Å². The predicted molar refractivity (Wildman–Crippen MR) is 96.9 cm³/mol. The molecule has 0 N–H and O–H groups in total. The second kappa shape index (κ2) is 7.30. The van der Waals surface area contributed by atoms with E-state index in [9.17, 15) is 4.79 Å². The van der Waals surface area contributed by atoms with Gasteiger partial charge >= 0.3 is 5.97 Å². The lowest BCUT2D eigenvalue weighted by Gasteiger charge is -2.56. The molecule has 25 heavy (non-hydrogen) atoms. The topological polar surface area (TPSA) is 44.8 Å². The van der Waals surface area contributed by atoms with Gasteiger partial charge in [-0.1, -0.05) is 19.8 Å². The van der Waals surface area contributed by atoms with E-state index in [0.29, 0.717) is 36.4 Å². The zero-order valence-corrected chi connectivity index (χ0v) is 16.3. The third kappa shape index (κ3) is 3.74. The summed E-state index contributed by atoms with van der Waals surface area (Å²) in [6, 6.07) is 0. The van der Waals surface area contributed by atoms with Gasteiger partial charge < -0.3 is 14.2 Å². The Hall–Kier alpha value is -1.03. The Balaban J connectivity index is 1.80. The molecule has 6 atom stereocenters. The third-order valence-corrected chi connectivity index (χ3v) is 6.65. The fraction of sp³-hybridized carbons (Fsp3) is 0.857. The molecule has 3 rings (SSSR count). The average Bonchev–Trinajstić information content (AvgIpc) is 2.57. The van der Waals surface area contributed by atoms with Crippen LogP contribution in [0.4, 0.5) is 0 Å². The van der Waals surface area contributed by atoms with Crippen molar-refractivity contribution in [2.75, 3.05) is 6.61 Å². The van der Waals surface area contributed by atoms with Gasteiger partial charge in [-0.05, 0) is 70.8 Å². The van der Waals surface area contributed by atoms with Crippen LogP contribution in [0.2, 0.25) is 0 Å². The lowest BCUT2D eigenvalue weighted by molar-refractivity contribution is -0.223. The molecule has 1 aliphatic heterocycles. The summed E-state index contributed by atoms with van der Waals surface area (Å²) in [5, 5.41) is 0. The van der Waals surface area contributed by atoms with Crippen molar-refractivity contribution in [3.63, 3.8) is 0 Å². The minimum atomic E-state index is -0.426. The van der Waals surface area contributed by atoms with E-state index in [-0.39, 0.29) is 17.5 Å². The summed E-state index contributed by atoms with van der Waals surface area (Å²) in [4.78, 5) is 12.0. The summed E-state index contributed by atoms with van der Waals surface area (Å²) in [6.45, 7) is 12.7. The van der Waals surface area contributed by atoms with Gasteiger partial charge in [0.05, 0.1) is 18.3 Å². The number of carbonyl (C=O) groups is 1. The standard InChI is InChI=1S/C21H34O4/c1-6-23-20(22)14(3)24-18-13(2)15-11-12-21(4,5)25-19(15)17-10-8-7-9-16(17)18/h13,15-19H,3,6-12H2,1-2,4-5H3. The molecule has 2 aliphatic carbocycles. The Labute approximate surface area is 152 Å². The summed E-state index contributed by atoms with van der Waals surface area (Å²) in [7, 11) is 0. The largest absolute Gasteiger partial charge is 0.483 e. The molecule has 3 fully saturated rings. The van der Waals surface area contributed by atoms with E-state index >= 15 is 0 Å². The van der Waals surface area contributed by atoms with Crippen molar-refractivity contribution in [3.8, 4) is 0 Å². The Kier molecular flexibility index (Phi) is 5.48. The maximum atomic E-state index is 12.0. The second-order valence-corrected chi connectivity index (χ2v) is 8.74. The molecule has 142 valence electrons. The smallest absolute Gasteiger partial charge is 0.372 e. The van der Waals surface area contributed by atoms with E-state index in [1.54, 1.807) is 6.92 Å². The fourth-order valence-electron chi connectivity index (χ4n) is 5.42. The Morgan fingerprint density at radius 3 is 2.52 bits per heavy atom. The van der Waals surface area contributed by atoms with Crippen molar-refractivity contribution in [1.82, 2.24) is 0 Å². The van der Waals surface area contributed by atoms with Gasteiger partial charge in [-0.25, -0.2) is 4.79 Å². The maximum Gasteiger partial charge on any atom is 0.372 e. The van der Waals surface area contributed by atoms with E-state index in [1.165, 1.54) is 25.7 Å². The van der Waals surface area contributed by atoms with Crippen LogP contribution in [0.25, 0.3) is 0 Å². The van der Waals surface area contributed by atoms with Crippen LogP contribution in [0.3, 0.4) is 0 Å². The van der Waals surface area contributed by atoms with Gasteiger partial charge in [-0.15, -0.1) is 0 Å². The summed E-state index contributed by atoms with van der Waals surface area (Å²) in [5.74, 6) is 1.60. The third-order valence-electron chi connectivity index (χ3n) is 6.65. The molecule has 0 bridgehead atoms. The highest BCUT2D eigenvalue weighted by molar-refractivity contribution is 5.85. The number of esters is 1. The fourth-order valence-corrected chi connectivity index (χ4v) is 5.42. The lowest BCUT2D eigenvalue weighted by Crippen LogP contribution is -2.58. The van der Waals surface area contributed by atoms with E-state index in [4.69, 9.17) is 14.2 Å². The first-order valence-corrected chi connectivity index (χ1v) is 10.0. The zero-order chi connectivity index (χ0) is 18.2. The van der Waals surface area contributed by atoms with Crippen LogP contribution in [-0.2, 0) is 19.0 Å². The molecule has 0 spiro atoms. The first-order valence-electron chi connectivity index (χ1n) is 10.0. The normalized spacial score (nSPS) is 39.7. The number of fused-ring (bicyclic) bond motifs is 3. The SMILES string of the molecule is C=C(OC1C(C)C2CCC(C)(C)OC2C2CCCCC21)C(=O)OCC. The van der Waals surface area contributed by atoms with Gasteiger partial charge in [0.25, 0.3) is 0 Å². The van der Waals surface area contributed by atoms with Crippen LogP contribution in [-0.4, -0.2) is 30.4 Å². The quantitative estimate of drug-likeness (QED) is 0.426. The van der Waals surface area contributed by atoms with Crippen molar-refractivity contribution in [2.45, 2.75) is 84.0 Å². The molecule has 0 aromatic carbocycles. The Morgan fingerprint density at radius 1 is 1.16 bits per heavy atom. The highest BCUT2D eigenvalue weighted by atomic mass is 16.6. The molecule has 0 aromatic heterocycles. The lowest BCUT2D eigenvalue weighted by atomic mass is 9.58. The van der Waals surface area contributed by atoms with Crippen molar-refractivity contribution >= 4 is 5.97 Å². The molecule has 2 saturated carbocycles. The molecule has 1 saturated heterocycles. The van der Waals surface area contributed by atoms with Crippen molar-refractivity contribution in [2.24, 2.45) is 23.7 Å². The van der Waals surface area contributed by atoms with Gasteiger partial charge in [0.15, 0.2) is 5.76 Å². The highest BCUT2D eigenvalue weighted by Crippen LogP contribution is 2.52. The highest BCUT2D eigenvalue weighted by Gasteiger charge is 2.54. The van der Waals surface area contributed by atoms with Crippen LogP contribution in [0, 0.1) is 23.7 Å². The molecule has 0 radical (unpaired) electrons. The molecular formula is C21H34O4. The summed E-state index contributed by atoms with van der Waals surface area (Å²) >= 11 is 0. The van der Waals surface area contributed by atoms with Gasteiger partial charge in [0, 0.05) is 5.92 Å². The van der Waals surface area contributed by atoms with Crippen LogP contribution in [0.15, 0.2) is 12.3 Å². The van der Waals surface area contributed by atoms with Gasteiger partial charge in [0.2, 0.25) is 0 Å². The number of hydrogen-bond donors (Lipinski definition) is 0. The van der Waals surface area contributed by atoms with E-state index < -0.39 is 5.97 Å². The van der Waals surface area contributed by atoms with Crippen molar-refractivity contribution in [1.29, 1.82) is 0 Å². The molecule has 4 nitrogen and oxygen atoms in total. The number of hydrogen-bond acceptors (Lipinski definition) is 4. The molecular weight excluding hydrogens is 316 g/mol. The van der Waals surface area contributed by atoms with Gasteiger partial charge in [-0.2, -0.15) is 0 Å². The van der Waals surface area contributed by atoms with Crippen LogP contribution >= 0.6 is 0 Å². The molecule has 0 aromatic rings. The van der Waals surface area contributed by atoms with E-state index in [0.717, 1.165) is 12.8 Å². The van der Waals surface area contributed by atoms with Crippen LogP contribution in [0.5, 0.6) is 0 Å². The molecule has 4 heteroatoms. The number of rotatable bonds is 4. The average molecular weight is 350 g/mol. The summed E-state index contributed by atoms with van der Waals surface area (Å²) in [6.07, 6.45) is 7.51. The first kappa shape index (κ1) is 18.8. The second-order valence-electron chi connectivity index (χ2n) is 8.74. The number of ether oxygens (including phenoxy) is 3. The summed E-state index contributed by atoms with van der Waals surface area (Å²) in [5.41, 5.74) is -0.0227. The minimum Gasteiger partial charge on any atom is -0.483 e. The van der Waals surface area contributed by atoms with E-state index in [1.807, 2.05) is 0 Å². The maximum absolute atomic E-state index is 12.0. The minimum absolute atomic E-state index is 0.0227. The van der Waals surface area contributed by atoms with Crippen LogP contribution in [0.1, 0.15) is 66.2 Å². The molecule has 6 unspecified atom stereocenters. The Morgan fingerprint density at radius 2 is 1.84 bits per heavy atom. The molecule has 1 heterocycles. The zero-order valence-electron chi connectivity index (χ0n) is 16.3. The molecule has 0 amide bonds.